The van der Waals surface area contributed by atoms with Gasteiger partial charge in [0.05, 0.1) is 12.5 Å². The van der Waals surface area contributed by atoms with E-state index in [1.807, 2.05) is 0 Å². The van der Waals surface area contributed by atoms with Gasteiger partial charge in [-0.3, -0.25) is 4.79 Å². The van der Waals surface area contributed by atoms with Gasteiger partial charge in [-0.05, 0) is 13.3 Å². The van der Waals surface area contributed by atoms with E-state index in [0.29, 0.717) is 0 Å². The van der Waals surface area contributed by atoms with Crippen LogP contribution in [0.25, 0.3) is 0 Å². The third-order valence-corrected chi connectivity index (χ3v) is 2.99. The first-order valence-electron chi connectivity index (χ1n) is 5.58. The van der Waals surface area contributed by atoms with Crippen LogP contribution in [0.4, 0.5) is 22.0 Å². The van der Waals surface area contributed by atoms with Gasteiger partial charge in [-0.15, -0.1) is 0 Å². The average molecular weight is 280 g/mol. The zero-order valence-electron chi connectivity index (χ0n) is 9.78. The first-order chi connectivity index (χ1) is 8.90. The van der Waals surface area contributed by atoms with Crippen LogP contribution in [0.5, 0.6) is 0 Å². The lowest BCUT2D eigenvalue weighted by atomic mass is 10.1. The number of ether oxygens (including phenoxy) is 1. The monoisotopic (exact) mass is 280 g/mol. The van der Waals surface area contributed by atoms with E-state index in [4.69, 9.17) is 0 Å². The maximum absolute atomic E-state index is 13.4. The zero-order chi connectivity index (χ0) is 14.3. The Balaban J connectivity index is 2.36. The predicted molar refractivity (Wildman–Crippen MR) is 53.7 cm³/mol. The van der Waals surface area contributed by atoms with Crippen molar-refractivity contribution in [1.82, 2.24) is 0 Å². The van der Waals surface area contributed by atoms with Crippen LogP contribution in [-0.4, -0.2) is 12.6 Å². The topological polar surface area (TPSA) is 26.3 Å². The molecule has 104 valence electrons. The summed E-state index contributed by atoms with van der Waals surface area (Å²) in [7, 11) is 0. The lowest BCUT2D eigenvalue weighted by molar-refractivity contribution is -0.144. The van der Waals surface area contributed by atoms with Gasteiger partial charge in [-0.1, -0.05) is 0 Å². The molecule has 0 heterocycles. The van der Waals surface area contributed by atoms with Crippen LogP contribution in [-0.2, 0) is 9.53 Å². The van der Waals surface area contributed by atoms with Crippen LogP contribution >= 0.6 is 0 Å². The van der Waals surface area contributed by atoms with Crippen molar-refractivity contribution < 1.29 is 31.5 Å². The highest BCUT2D eigenvalue weighted by molar-refractivity contribution is 5.77. The molecule has 0 aromatic heterocycles. The predicted octanol–water partition coefficient (Wildman–Crippen LogP) is 3.05. The van der Waals surface area contributed by atoms with Crippen LogP contribution in [0.15, 0.2) is 0 Å². The Morgan fingerprint density at radius 1 is 1.05 bits per heavy atom. The lowest BCUT2D eigenvalue weighted by Gasteiger charge is -2.07. The smallest absolute Gasteiger partial charge is 0.309 e. The average Bonchev–Trinajstić information content (AvgIpc) is 3.15. The summed E-state index contributed by atoms with van der Waals surface area (Å²) in [6, 6.07) is 0. The molecule has 19 heavy (non-hydrogen) atoms. The fourth-order valence-corrected chi connectivity index (χ4v) is 1.97. The molecule has 2 nitrogen and oxygen atoms in total. The molecule has 7 heteroatoms. The Morgan fingerprint density at radius 3 is 2.00 bits per heavy atom. The molecule has 0 aliphatic heterocycles. The molecule has 0 spiro atoms. The van der Waals surface area contributed by atoms with E-state index < -0.39 is 52.5 Å². The summed E-state index contributed by atoms with van der Waals surface area (Å²) >= 11 is 0. The highest BCUT2D eigenvalue weighted by Crippen LogP contribution is 2.50. The summed E-state index contributed by atoms with van der Waals surface area (Å²) in [5, 5.41) is 0. The summed E-state index contributed by atoms with van der Waals surface area (Å²) in [4.78, 5) is 11.3. The van der Waals surface area contributed by atoms with Crippen LogP contribution in [0.2, 0.25) is 0 Å². The fourth-order valence-electron chi connectivity index (χ4n) is 1.97. The Labute approximate surface area is 105 Å². The minimum Gasteiger partial charge on any atom is -0.466 e. The Hall–Kier alpha value is -1.66. The molecule has 1 aliphatic rings. The van der Waals surface area contributed by atoms with E-state index in [1.165, 1.54) is 0 Å². The van der Waals surface area contributed by atoms with Gasteiger partial charge in [0.15, 0.2) is 23.3 Å². The van der Waals surface area contributed by atoms with E-state index in [0.717, 1.165) is 0 Å². The van der Waals surface area contributed by atoms with Crippen LogP contribution in [0.3, 0.4) is 0 Å². The van der Waals surface area contributed by atoms with Gasteiger partial charge in [0.2, 0.25) is 5.82 Å². The second-order valence-electron chi connectivity index (χ2n) is 4.18. The molecular weight excluding hydrogens is 271 g/mol. The zero-order valence-corrected chi connectivity index (χ0v) is 9.78. The molecule has 0 unspecified atom stereocenters. The Kier molecular flexibility index (Phi) is 3.47. The molecule has 0 N–H and O–H groups in total. The van der Waals surface area contributed by atoms with Crippen LogP contribution in [0, 0.1) is 35.0 Å². The molecule has 0 radical (unpaired) electrons. The molecule has 0 bridgehead atoms. The van der Waals surface area contributed by atoms with Gasteiger partial charge < -0.3 is 4.74 Å². The number of rotatable bonds is 3. The minimum atomic E-state index is -2.20. The number of halogens is 5. The molecule has 2 atom stereocenters. The molecule has 1 aliphatic carbocycles. The Bertz CT molecular complexity index is 514. The van der Waals surface area contributed by atoms with Crippen molar-refractivity contribution in [2.75, 3.05) is 6.61 Å². The number of benzene rings is 1. The molecule has 1 fully saturated rings. The van der Waals surface area contributed by atoms with Crippen molar-refractivity contribution in [3.8, 4) is 0 Å². The third kappa shape index (κ3) is 2.17. The minimum absolute atomic E-state index is 0.0111. The number of hydrogen-bond donors (Lipinski definition) is 0. The second kappa shape index (κ2) is 4.79. The lowest BCUT2D eigenvalue weighted by Crippen LogP contribution is -2.10. The van der Waals surface area contributed by atoms with Gasteiger partial charge >= 0.3 is 5.97 Å². The van der Waals surface area contributed by atoms with Gasteiger partial charge in [-0.25, -0.2) is 22.0 Å². The van der Waals surface area contributed by atoms with Gasteiger partial charge in [0.25, 0.3) is 0 Å². The van der Waals surface area contributed by atoms with Crippen LogP contribution < -0.4 is 0 Å². The van der Waals surface area contributed by atoms with Crippen molar-refractivity contribution >= 4 is 5.97 Å². The van der Waals surface area contributed by atoms with E-state index in [9.17, 15) is 26.7 Å². The highest BCUT2D eigenvalue weighted by atomic mass is 19.2. The van der Waals surface area contributed by atoms with E-state index in [2.05, 4.69) is 4.74 Å². The van der Waals surface area contributed by atoms with E-state index in [1.54, 1.807) is 6.92 Å². The Morgan fingerprint density at radius 2 is 1.53 bits per heavy atom. The van der Waals surface area contributed by atoms with E-state index in [-0.39, 0.29) is 13.0 Å². The van der Waals surface area contributed by atoms with Gasteiger partial charge in [-0.2, -0.15) is 0 Å². The fraction of sp³-hybridized carbons (Fsp3) is 0.417. The first kappa shape index (κ1) is 13.8. The number of esters is 1. The summed E-state index contributed by atoms with van der Waals surface area (Å²) in [6.07, 6.45) is 0.0111. The third-order valence-electron chi connectivity index (χ3n) is 2.99. The summed E-state index contributed by atoms with van der Waals surface area (Å²) in [6.45, 7) is 1.63. The molecule has 0 amide bonds. The molecule has 1 aromatic rings. The summed E-state index contributed by atoms with van der Waals surface area (Å²) in [5.41, 5.74) is -0.936. The van der Waals surface area contributed by atoms with Crippen molar-refractivity contribution in [1.29, 1.82) is 0 Å². The SMILES string of the molecule is CCOC(=O)[C@@H]1C[C@@H]1c1c(F)c(F)c(F)c(F)c1F. The normalized spacial score (nSPS) is 21.4. The van der Waals surface area contributed by atoms with Gasteiger partial charge in [0.1, 0.15) is 0 Å². The summed E-state index contributed by atoms with van der Waals surface area (Å²) in [5.74, 6) is -12.5. The standard InChI is InChI=1S/C12H9F5O2/c1-2-19-12(18)5-3-4(5)6-7(13)9(15)11(17)10(16)8(6)14/h4-5H,2-3H2,1H3/t4-,5+/m0/s1. The number of hydrogen-bond acceptors (Lipinski definition) is 2. The highest BCUT2D eigenvalue weighted by Gasteiger charge is 2.49. The quantitative estimate of drug-likeness (QED) is 0.368. The summed E-state index contributed by atoms with van der Waals surface area (Å²) < 4.78 is 70.3. The van der Waals surface area contributed by atoms with Crippen molar-refractivity contribution in [3.63, 3.8) is 0 Å². The van der Waals surface area contributed by atoms with E-state index >= 15 is 0 Å². The number of carbonyl (C=O) groups is 1. The molecule has 0 saturated heterocycles. The second-order valence-corrected chi connectivity index (χ2v) is 4.18. The van der Waals surface area contributed by atoms with Gasteiger partial charge in [0, 0.05) is 11.5 Å². The van der Waals surface area contributed by atoms with Crippen LogP contribution in [0.1, 0.15) is 24.8 Å². The maximum atomic E-state index is 13.4. The molecule has 1 aromatic carbocycles. The largest absolute Gasteiger partial charge is 0.466 e. The molecular formula is C12H9F5O2. The molecule has 1 saturated carbocycles. The van der Waals surface area contributed by atoms with Crippen molar-refractivity contribution in [2.24, 2.45) is 5.92 Å². The number of carbonyl (C=O) groups excluding carboxylic acids is 1. The maximum Gasteiger partial charge on any atom is 0.309 e. The first-order valence-corrected chi connectivity index (χ1v) is 5.58. The molecule has 2 rings (SSSR count). The van der Waals surface area contributed by atoms with Crippen molar-refractivity contribution in [3.05, 3.63) is 34.6 Å². The van der Waals surface area contributed by atoms with Crippen molar-refractivity contribution in [2.45, 2.75) is 19.3 Å².